The Hall–Kier alpha value is -2.33. The molecule has 0 N–H and O–H groups in total. The minimum Gasteiger partial charge on any atom is -0.492 e. The summed E-state index contributed by atoms with van der Waals surface area (Å²) in [5, 5.41) is 1.14. The monoisotopic (exact) mass is 283 g/mol. The molecule has 108 valence electrons. The summed E-state index contributed by atoms with van der Waals surface area (Å²) in [6.45, 7) is 1.40. The SMILES string of the molecule is CN(C)CCOc1ccc2oc3ccccc3c(=O)c2c1. The Morgan fingerprint density at radius 1 is 1.05 bits per heavy atom. The van der Waals surface area contributed by atoms with Crippen LogP contribution in [0.1, 0.15) is 0 Å². The zero-order valence-electron chi connectivity index (χ0n) is 12.1. The van der Waals surface area contributed by atoms with Crippen molar-refractivity contribution in [2.75, 3.05) is 27.2 Å². The molecule has 4 heteroatoms. The van der Waals surface area contributed by atoms with Gasteiger partial charge in [-0.2, -0.15) is 0 Å². The van der Waals surface area contributed by atoms with Gasteiger partial charge >= 0.3 is 0 Å². The number of fused-ring (bicyclic) bond motifs is 2. The average molecular weight is 283 g/mol. The first kappa shape index (κ1) is 13.6. The summed E-state index contributed by atoms with van der Waals surface area (Å²) >= 11 is 0. The minimum atomic E-state index is -0.0232. The summed E-state index contributed by atoms with van der Waals surface area (Å²) in [5.74, 6) is 0.687. The molecule has 0 saturated carbocycles. The molecule has 3 aromatic rings. The van der Waals surface area contributed by atoms with Crippen LogP contribution in [0, 0.1) is 0 Å². The molecule has 0 spiro atoms. The molecular weight excluding hydrogens is 266 g/mol. The second-order valence-electron chi connectivity index (χ2n) is 5.24. The third-order valence-corrected chi connectivity index (χ3v) is 3.35. The molecule has 4 nitrogen and oxygen atoms in total. The van der Waals surface area contributed by atoms with E-state index in [2.05, 4.69) is 0 Å². The van der Waals surface area contributed by atoms with Crippen molar-refractivity contribution in [2.45, 2.75) is 0 Å². The van der Waals surface area contributed by atoms with E-state index in [4.69, 9.17) is 9.15 Å². The van der Waals surface area contributed by atoms with Crippen LogP contribution in [0.2, 0.25) is 0 Å². The van der Waals surface area contributed by atoms with Crippen LogP contribution in [0.15, 0.2) is 51.7 Å². The first-order valence-corrected chi connectivity index (χ1v) is 6.88. The maximum Gasteiger partial charge on any atom is 0.200 e. The van der Waals surface area contributed by atoms with Gasteiger partial charge in [0.2, 0.25) is 5.43 Å². The normalized spacial score (nSPS) is 11.4. The highest BCUT2D eigenvalue weighted by Crippen LogP contribution is 2.22. The fourth-order valence-corrected chi connectivity index (χ4v) is 2.22. The van der Waals surface area contributed by atoms with Crippen molar-refractivity contribution in [3.05, 3.63) is 52.7 Å². The lowest BCUT2D eigenvalue weighted by Gasteiger charge is -2.11. The van der Waals surface area contributed by atoms with Crippen molar-refractivity contribution in [2.24, 2.45) is 0 Å². The van der Waals surface area contributed by atoms with Crippen LogP contribution in [-0.4, -0.2) is 32.1 Å². The Kier molecular flexibility index (Phi) is 3.62. The Bertz CT molecular complexity index is 836. The Labute approximate surface area is 122 Å². The largest absolute Gasteiger partial charge is 0.492 e. The standard InChI is InChI=1S/C17H17NO3/c1-18(2)9-10-20-12-7-8-16-14(11-12)17(19)13-5-3-4-6-15(13)21-16/h3-8,11H,9-10H2,1-2H3. The second-order valence-corrected chi connectivity index (χ2v) is 5.24. The van der Waals surface area contributed by atoms with Crippen LogP contribution >= 0.6 is 0 Å². The van der Waals surface area contributed by atoms with Crippen molar-refractivity contribution >= 4 is 21.9 Å². The van der Waals surface area contributed by atoms with E-state index in [-0.39, 0.29) is 5.43 Å². The topological polar surface area (TPSA) is 42.7 Å². The Morgan fingerprint density at radius 2 is 1.81 bits per heavy atom. The molecule has 3 rings (SSSR count). The van der Waals surface area contributed by atoms with Crippen molar-refractivity contribution in [3.8, 4) is 5.75 Å². The van der Waals surface area contributed by atoms with Gasteiger partial charge in [-0.3, -0.25) is 4.79 Å². The first-order chi connectivity index (χ1) is 10.1. The lowest BCUT2D eigenvalue weighted by atomic mass is 10.1. The summed E-state index contributed by atoms with van der Waals surface area (Å²) in [6, 6.07) is 12.6. The smallest absolute Gasteiger partial charge is 0.200 e. The maximum atomic E-state index is 12.5. The van der Waals surface area contributed by atoms with Gasteiger partial charge in [0, 0.05) is 6.54 Å². The highest BCUT2D eigenvalue weighted by atomic mass is 16.5. The van der Waals surface area contributed by atoms with Crippen molar-refractivity contribution in [1.29, 1.82) is 0 Å². The molecule has 21 heavy (non-hydrogen) atoms. The van der Waals surface area contributed by atoms with Gasteiger partial charge in [-0.1, -0.05) is 12.1 Å². The molecule has 0 aliphatic heterocycles. The summed E-state index contributed by atoms with van der Waals surface area (Å²) in [6.07, 6.45) is 0. The van der Waals surface area contributed by atoms with Gasteiger partial charge in [0.25, 0.3) is 0 Å². The van der Waals surface area contributed by atoms with Gasteiger partial charge in [-0.05, 0) is 44.4 Å². The van der Waals surface area contributed by atoms with Crippen molar-refractivity contribution in [3.63, 3.8) is 0 Å². The van der Waals surface area contributed by atoms with Gasteiger partial charge < -0.3 is 14.1 Å². The highest BCUT2D eigenvalue weighted by molar-refractivity contribution is 5.90. The van der Waals surface area contributed by atoms with Crippen LogP contribution in [-0.2, 0) is 0 Å². The van der Waals surface area contributed by atoms with Crippen LogP contribution < -0.4 is 10.2 Å². The zero-order valence-corrected chi connectivity index (χ0v) is 12.1. The van der Waals surface area contributed by atoms with E-state index in [9.17, 15) is 4.79 Å². The molecule has 0 radical (unpaired) electrons. The second kappa shape index (κ2) is 5.58. The minimum absolute atomic E-state index is 0.0232. The predicted octanol–water partition coefficient (Wildman–Crippen LogP) is 2.89. The molecule has 0 fully saturated rings. The summed E-state index contributed by atoms with van der Waals surface area (Å²) in [5.41, 5.74) is 1.17. The summed E-state index contributed by atoms with van der Waals surface area (Å²) < 4.78 is 11.4. The number of ether oxygens (including phenoxy) is 1. The number of benzene rings is 2. The van der Waals surface area contributed by atoms with E-state index in [0.717, 1.165) is 6.54 Å². The van der Waals surface area contributed by atoms with E-state index >= 15 is 0 Å². The zero-order chi connectivity index (χ0) is 14.8. The molecule has 0 bridgehead atoms. The maximum absolute atomic E-state index is 12.5. The van der Waals surface area contributed by atoms with Crippen LogP contribution in [0.25, 0.3) is 21.9 Å². The van der Waals surface area contributed by atoms with E-state index < -0.39 is 0 Å². The number of para-hydroxylation sites is 1. The third kappa shape index (κ3) is 2.76. The van der Waals surface area contributed by atoms with E-state index in [1.165, 1.54) is 0 Å². The van der Waals surface area contributed by atoms with E-state index in [1.807, 2.05) is 37.2 Å². The van der Waals surface area contributed by atoms with Gasteiger partial charge in [0.15, 0.2) is 0 Å². The van der Waals surface area contributed by atoms with Crippen molar-refractivity contribution < 1.29 is 9.15 Å². The summed E-state index contributed by atoms with van der Waals surface area (Å²) in [7, 11) is 3.98. The lowest BCUT2D eigenvalue weighted by Crippen LogP contribution is -2.19. The molecule has 0 aliphatic carbocycles. The molecule has 0 aliphatic rings. The lowest BCUT2D eigenvalue weighted by molar-refractivity contribution is 0.261. The van der Waals surface area contributed by atoms with E-state index in [0.29, 0.717) is 34.3 Å². The van der Waals surface area contributed by atoms with Gasteiger partial charge in [-0.25, -0.2) is 0 Å². The molecule has 0 atom stereocenters. The Balaban J connectivity index is 2.02. The summed E-state index contributed by atoms with van der Waals surface area (Å²) in [4.78, 5) is 14.5. The third-order valence-electron chi connectivity index (χ3n) is 3.35. The molecule has 1 aromatic heterocycles. The molecule has 1 heterocycles. The average Bonchev–Trinajstić information content (AvgIpc) is 2.48. The molecular formula is C17H17NO3. The van der Waals surface area contributed by atoms with Crippen molar-refractivity contribution in [1.82, 2.24) is 4.90 Å². The van der Waals surface area contributed by atoms with Gasteiger partial charge in [-0.15, -0.1) is 0 Å². The molecule has 0 saturated heterocycles. The number of hydrogen-bond donors (Lipinski definition) is 0. The molecule has 2 aromatic carbocycles. The van der Waals surface area contributed by atoms with Crippen LogP contribution in [0.5, 0.6) is 5.75 Å². The first-order valence-electron chi connectivity index (χ1n) is 6.88. The number of rotatable bonds is 4. The van der Waals surface area contributed by atoms with Gasteiger partial charge in [0.05, 0.1) is 10.8 Å². The van der Waals surface area contributed by atoms with Gasteiger partial charge in [0.1, 0.15) is 23.5 Å². The van der Waals surface area contributed by atoms with Crippen LogP contribution in [0.4, 0.5) is 0 Å². The number of hydrogen-bond acceptors (Lipinski definition) is 4. The highest BCUT2D eigenvalue weighted by Gasteiger charge is 2.08. The Morgan fingerprint density at radius 3 is 2.62 bits per heavy atom. The van der Waals surface area contributed by atoms with Crippen LogP contribution in [0.3, 0.4) is 0 Å². The number of likely N-dealkylation sites (N-methyl/N-ethyl adjacent to an activating group) is 1. The fourth-order valence-electron chi connectivity index (χ4n) is 2.22. The molecule has 0 unspecified atom stereocenters. The number of nitrogens with zero attached hydrogens (tertiary/aromatic N) is 1. The molecule has 0 amide bonds. The predicted molar refractivity (Wildman–Crippen MR) is 84.0 cm³/mol. The quantitative estimate of drug-likeness (QED) is 0.690. The van der Waals surface area contributed by atoms with E-state index in [1.54, 1.807) is 24.3 Å². The fraction of sp³-hybridized carbons (Fsp3) is 0.235.